The van der Waals surface area contributed by atoms with Crippen LogP contribution in [0.15, 0.2) is 5.16 Å². The van der Waals surface area contributed by atoms with Gasteiger partial charge in [0.15, 0.2) is 5.66 Å². The maximum Gasteiger partial charge on any atom is 0.171 e. The molecule has 14 heavy (non-hydrogen) atoms. The van der Waals surface area contributed by atoms with E-state index in [0.717, 1.165) is 5.06 Å². The highest BCUT2D eigenvalue weighted by molar-refractivity contribution is 5.64. The summed E-state index contributed by atoms with van der Waals surface area (Å²) < 4.78 is 0. The Balaban J connectivity index is 3.10. The monoisotopic (exact) mass is 203 g/mol. The number of quaternary nitrogens is 1. The predicted octanol–water partition coefficient (Wildman–Crippen LogP) is -0.583. The average molecular weight is 203 g/mol. The molecule has 0 aliphatic carbocycles. The molecule has 0 saturated carbocycles. The standard InChI is InChI=1S/C8H17N3O3/c1-7(2)6(5-9-12)10(13)8(3,4)11(7)14/h5-6,10,12,14H,1-4H3/b9-5+. The quantitative estimate of drug-likeness (QED) is 0.230. The van der Waals surface area contributed by atoms with Crippen molar-refractivity contribution in [1.82, 2.24) is 5.06 Å². The van der Waals surface area contributed by atoms with Gasteiger partial charge in [-0.05, 0) is 13.8 Å². The van der Waals surface area contributed by atoms with Gasteiger partial charge in [-0.2, -0.15) is 0 Å². The van der Waals surface area contributed by atoms with E-state index in [0.29, 0.717) is 0 Å². The molecule has 2 atom stereocenters. The van der Waals surface area contributed by atoms with Crippen molar-refractivity contribution in [1.29, 1.82) is 0 Å². The molecule has 1 saturated heterocycles. The molecule has 82 valence electrons. The molecule has 0 aromatic heterocycles. The minimum atomic E-state index is -0.935. The summed E-state index contributed by atoms with van der Waals surface area (Å²) in [7, 11) is 0. The minimum absolute atomic E-state index is 0.150. The summed E-state index contributed by atoms with van der Waals surface area (Å²) >= 11 is 0. The van der Waals surface area contributed by atoms with Crippen LogP contribution in [-0.2, 0) is 0 Å². The number of rotatable bonds is 1. The van der Waals surface area contributed by atoms with Crippen molar-refractivity contribution < 1.29 is 15.5 Å². The number of oxime groups is 1. The van der Waals surface area contributed by atoms with Crippen LogP contribution in [0.25, 0.3) is 0 Å². The van der Waals surface area contributed by atoms with Gasteiger partial charge in [0.1, 0.15) is 17.8 Å². The van der Waals surface area contributed by atoms with Crippen molar-refractivity contribution in [3.05, 3.63) is 5.21 Å². The lowest BCUT2D eigenvalue weighted by Crippen LogP contribution is -3.17. The summed E-state index contributed by atoms with van der Waals surface area (Å²) in [6.45, 7) is 6.74. The summed E-state index contributed by atoms with van der Waals surface area (Å²) in [5.74, 6) is 0. The fraction of sp³-hybridized carbons (Fsp3) is 0.875. The van der Waals surface area contributed by atoms with Gasteiger partial charge in [0, 0.05) is 13.8 Å². The van der Waals surface area contributed by atoms with Gasteiger partial charge in [-0.25, -0.2) is 0 Å². The summed E-state index contributed by atoms with van der Waals surface area (Å²) in [5, 5.41) is 33.9. The Bertz CT molecular complexity index is 252. The smallest absolute Gasteiger partial charge is 0.171 e. The summed E-state index contributed by atoms with van der Waals surface area (Å²) in [5.41, 5.74) is -1.68. The highest BCUT2D eigenvalue weighted by Gasteiger charge is 2.57. The minimum Gasteiger partial charge on any atom is -0.632 e. The van der Waals surface area contributed by atoms with Crippen LogP contribution in [0.3, 0.4) is 0 Å². The molecule has 0 amide bonds. The Kier molecular flexibility index (Phi) is 2.57. The Hall–Kier alpha value is -0.690. The van der Waals surface area contributed by atoms with E-state index in [2.05, 4.69) is 5.16 Å². The predicted molar refractivity (Wildman–Crippen MR) is 50.2 cm³/mol. The van der Waals surface area contributed by atoms with Gasteiger partial charge in [0.25, 0.3) is 0 Å². The Labute approximate surface area is 82.9 Å². The first-order valence-electron chi connectivity index (χ1n) is 4.47. The Morgan fingerprint density at radius 2 is 1.93 bits per heavy atom. The van der Waals surface area contributed by atoms with Crippen LogP contribution in [0.2, 0.25) is 0 Å². The van der Waals surface area contributed by atoms with Gasteiger partial charge in [-0.1, -0.05) is 5.16 Å². The Morgan fingerprint density at radius 1 is 1.43 bits per heavy atom. The molecule has 0 spiro atoms. The van der Waals surface area contributed by atoms with Gasteiger partial charge in [-0.3, -0.25) is 0 Å². The van der Waals surface area contributed by atoms with E-state index in [1.807, 2.05) is 0 Å². The van der Waals surface area contributed by atoms with Crippen molar-refractivity contribution in [2.45, 2.75) is 44.9 Å². The van der Waals surface area contributed by atoms with Crippen LogP contribution in [0.4, 0.5) is 0 Å². The highest BCUT2D eigenvalue weighted by atomic mass is 16.6. The first kappa shape index (κ1) is 11.4. The van der Waals surface area contributed by atoms with Crippen LogP contribution in [0.5, 0.6) is 0 Å². The molecule has 1 heterocycles. The second kappa shape index (κ2) is 3.16. The first-order valence-corrected chi connectivity index (χ1v) is 4.47. The van der Waals surface area contributed by atoms with Crippen molar-refractivity contribution >= 4 is 6.21 Å². The molecule has 1 aliphatic heterocycles. The van der Waals surface area contributed by atoms with Gasteiger partial charge in [-0.15, -0.1) is 5.06 Å². The van der Waals surface area contributed by atoms with E-state index in [1.54, 1.807) is 27.7 Å². The van der Waals surface area contributed by atoms with Crippen LogP contribution < -0.4 is 5.06 Å². The van der Waals surface area contributed by atoms with E-state index in [4.69, 9.17) is 5.21 Å². The maximum atomic E-state index is 11.8. The van der Waals surface area contributed by atoms with E-state index in [9.17, 15) is 10.4 Å². The Morgan fingerprint density at radius 3 is 2.21 bits per heavy atom. The van der Waals surface area contributed by atoms with E-state index in [-0.39, 0.29) is 5.06 Å². The lowest BCUT2D eigenvalue weighted by atomic mass is 9.97. The zero-order valence-electron chi connectivity index (χ0n) is 8.85. The molecular formula is C8H17N3O3. The van der Waals surface area contributed by atoms with Crippen molar-refractivity contribution in [3.63, 3.8) is 0 Å². The van der Waals surface area contributed by atoms with Gasteiger partial charge < -0.3 is 20.7 Å². The summed E-state index contributed by atoms with van der Waals surface area (Å²) in [6.07, 6.45) is 1.17. The van der Waals surface area contributed by atoms with Crippen molar-refractivity contribution in [2.24, 2.45) is 5.16 Å². The van der Waals surface area contributed by atoms with Gasteiger partial charge in [0.2, 0.25) is 0 Å². The molecular weight excluding hydrogens is 186 g/mol. The number of hydrogen-bond acceptors (Lipinski definition) is 5. The molecule has 2 unspecified atom stereocenters. The molecule has 1 rings (SSSR count). The molecule has 0 radical (unpaired) electrons. The van der Waals surface area contributed by atoms with Crippen LogP contribution in [0, 0.1) is 5.21 Å². The maximum absolute atomic E-state index is 11.8. The molecule has 0 aromatic rings. The fourth-order valence-corrected chi connectivity index (χ4v) is 1.97. The van der Waals surface area contributed by atoms with E-state index >= 15 is 0 Å². The topological polar surface area (TPSA) is 83.6 Å². The van der Waals surface area contributed by atoms with Crippen LogP contribution >= 0.6 is 0 Å². The lowest BCUT2D eigenvalue weighted by molar-refractivity contribution is -0.912. The van der Waals surface area contributed by atoms with E-state index < -0.39 is 17.2 Å². The third-order valence-corrected chi connectivity index (χ3v) is 2.94. The SMILES string of the molecule is CC1(C)C(/C=N/O)[NH+]([O-])C(C)(C)N1O. The fourth-order valence-electron chi connectivity index (χ4n) is 1.97. The molecule has 6 heteroatoms. The molecule has 0 aromatic carbocycles. The number of nitrogens with one attached hydrogen (secondary N) is 1. The third-order valence-electron chi connectivity index (χ3n) is 2.94. The molecule has 0 bridgehead atoms. The third kappa shape index (κ3) is 1.31. The summed E-state index contributed by atoms with van der Waals surface area (Å²) in [4.78, 5) is 0. The second-order valence-electron chi connectivity index (χ2n) is 4.63. The molecule has 1 aliphatic rings. The van der Waals surface area contributed by atoms with Crippen LogP contribution in [-0.4, -0.2) is 38.9 Å². The van der Waals surface area contributed by atoms with E-state index in [1.165, 1.54) is 6.21 Å². The number of hydrogen-bond donors (Lipinski definition) is 3. The first-order chi connectivity index (χ1) is 6.26. The normalized spacial score (nSPS) is 36.7. The summed E-state index contributed by atoms with van der Waals surface area (Å²) in [6, 6.07) is -0.590. The number of nitrogens with zero attached hydrogens (tertiary/aromatic N) is 2. The van der Waals surface area contributed by atoms with Crippen molar-refractivity contribution in [2.75, 3.05) is 0 Å². The largest absolute Gasteiger partial charge is 0.632 e. The zero-order valence-corrected chi connectivity index (χ0v) is 8.85. The second-order valence-corrected chi connectivity index (χ2v) is 4.63. The van der Waals surface area contributed by atoms with Gasteiger partial charge in [0.05, 0.1) is 0 Å². The molecule has 3 N–H and O–H groups in total. The van der Waals surface area contributed by atoms with Crippen molar-refractivity contribution in [3.8, 4) is 0 Å². The number of hydroxylamine groups is 4. The van der Waals surface area contributed by atoms with Gasteiger partial charge >= 0.3 is 0 Å². The molecule has 6 nitrogen and oxygen atoms in total. The highest BCUT2D eigenvalue weighted by Crippen LogP contribution is 2.27. The lowest BCUT2D eigenvalue weighted by Gasteiger charge is -2.34. The molecule has 1 fully saturated rings. The average Bonchev–Trinajstić information content (AvgIpc) is 2.19. The zero-order chi connectivity index (χ0) is 11.1. The van der Waals surface area contributed by atoms with Crippen LogP contribution in [0.1, 0.15) is 27.7 Å².